The Balaban J connectivity index is 2.00. The molecule has 3 heteroatoms. The van der Waals surface area contributed by atoms with Crippen LogP contribution in [0.25, 0.3) is 0 Å². The van der Waals surface area contributed by atoms with Crippen LogP contribution in [0.5, 0.6) is 0 Å². The first kappa shape index (κ1) is 13.4. The van der Waals surface area contributed by atoms with Gasteiger partial charge in [-0.05, 0) is 43.4 Å². The van der Waals surface area contributed by atoms with Crippen LogP contribution in [0.2, 0.25) is 0 Å². The number of hydrogen-bond donors (Lipinski definition) is 1. The molecule has 1 aromatic carbocycles. The molecular weight excluding hydrogens is 224 g/mol. The number of hydrogen-bond acceptors (Lipinski definition) is 3. The van der Waals surface area contributed by atoms with Crippen molar-refractivity contribution in [2.75, 3.05) is 38.3 Å². The van der Waals surface area contributed by atoms with E-state index in [0.29, 0.717) is 0 Å². The van der Waals surface area contributed by atoms with Crippen LogP contribution >= 0.6 is 0 Å². The van der Waals surface area contributed by atoms with E-state index in [1.165, 1.54) is 24.1 Å². The minimum atomic E-state index is 0.719. The van der Waals surface area contributed by atoms with Crippen molar-refractivity contribution in [2.45, 2.75) is 19.3 Å². The summed E-state index contributed by atoms with van der Waals surface area (Å²) < 4.78 is 5.25. The molecule has 0 aromatic heterocycles. The summed E-state index contributed by atoms with van der Waals surface area (Å²) >= 11 is 0. The van der Waals surface area contributed by atoms with Gasteiger partial charge in [0, 0.05) is 32.5 Å². The van der Waals surface area contributed by atoms with Crippen LogP contribution in [0.4, 0.5) is 5.69 Å². The Labute approximate surface area is 110 Å². The molecule has 1 aliphatic rings. The molecule has 100 valence electrons. The van der Waals surface area contributed by atoms with Crippen LogP contribution in [0.1, 0.15) is 18.4 Å². The number of nitrogens with zero attached hydrogens (tertiary/aromatic N) is 1. The van der Waals surface area contributed by atoms with Crippen molar-refractivity contribution >= 4 is 5.69 Å². The quantitative estimate of drug-likeness (QED) is 0.866. The van der Waals surface area contributed by atoms with Crippen LogP contribution in [0.15, 0.2) is 24.3 Å². The van der Waals surface area contributed by atoms with Crippen LogP contribution in [0.3, 0.4) is 0 Å². The summed E-state index contributed by atoms with van der Waals surface area (Å²) in [7, 11) is 1.79. The molecule has 1 saturated heterocycles. The van der Waals surface area contributed by atoms with Gasteiger partial charge in [0.15, 0.2) is 0 Å². The molecule has 0 aliphatic carbocycles. The minimum absolute atomic E-state index is 0.719. The second kappa shape index (κ2) is 6.76. The highest BCUT2D eigenvalue weighted by molar-refractivity contribution is 5.54. The molecule has 0 amide bonds. The Morgan fingerprint density at radius 3 is 2.67 bits per heavy atom. The highest BCUT2D eigenvalue weighted by Gasteiger charge is 2.20. The van der Waals surface area contributed by atoms with Crippen molar-refractivity contribution < 1.29 is 4.74 Å². The van der Waals surface area contributed by atoms with Gasteiger partial charge in [0.1, 0.15) is 0 Å². The summed E-state index contributed by atoms with van der Waals surface area (Å²) in [6.45, 7) is 3.89. The number of piperidine rings is 1. The van der Waals surface area contributed by atoms with Crippen LogP contribution < -0.4 is 10.6 Å². The Morgan fingerprint density at radius 2 is 2.00 bits per heavy atom. The van der Waals surface area contributed by atoms with Crippen molar-refractivity contribution in [3.63, 3.8) is 0 Å². The van der Waals surface area contributed by atoms with Gasteiger partial charge < -0.3 is 15.4 Å². The number of para-hydroxylation sites is 1. The predicted molar refractivity (Wildman–Crippen MR) is 76.0 cm³/mol. The average Bonchev–Trinajstić information content (AvgIpc) is 2.41. The van der Waals surface area contributed by atoms with Gasteiger partial charge in [-0.1, -0.05) is 18.2 Å². The van der Waals surface area contributed by atoms with Crippen LogP contribution in [-0.4, -0.2) is 33.4 Å². The van der Waals surface area contributed by atoms with E-state index in [9.17, 15) is 0 Å². The van der Waals surface area contributed by atoms with Gasteiger partial charge in [-0.15, -0.1) is 0 Å². The van der Waals surface area contributed by atoms with Crippen LogP contribution in [-0.2, 0) is 11.2 Å². The highest BCUT2D eigenvalue weighted by Crippen LogP contribution is 2.26. The predicted octanol–water partition coefficient (Wildman–Crippen LogP) is 2.05. The molecule has 3 nitrogen and oxygen atoms in total. The molecule has 1 heterocycles. The Morgan fingerprint density at radius 1 is 1.28 bits per heavy atom. The van der Waals surface area contributed by atoms with Crippen molar-refractivity contribution in [3.05, 3.63) is 29.8 Å². The number of anilines is 1. The van der Waals surface area contributed by atoms with Gasteiger partial charge in [-0.3, -0.25) is 0 Å². The average molecular weight is 248 g/mol. The lowest BCUT2D eigenvalue weighted by Crippen LogP contribution is -2.35. The van der Waals surface area contributed by atoms with E-state index in [2.05, 4.69) is 29.2 Å². The maximum atomic E-state index is 5.69. The first-order chi connectivity index (χ1) is 8.85. The molecule has 0 bridgehead atoms. The van der Waals surface area contributed by atoms with E-state index in [0.717, 1.165) is 38.6 Å². The maximum Gasteiger partial charge on any atom is 0.0491 e. The smallest absolute Gasteiger partial charge is 0.0491 e. The van der Waals surface area contributed by atoms with Gasteiger partial charge in [-0.2, -0.15) is 0 Å². The SMILES string of the molecule is COCC1CCN(c2ccccc2CCN)CC1. The summed E-state index contributed by atoms with van der Waals surface area (Å²) in [6, 6.07) is 8.65. The standard InChI is InChI=1S/C15H24N2O/c1-18-12-13-7-10-17(11-8-13)15-5-3-2-4-14(15)6-9-16/h2-5,13H,6-12,16H2,1H3. The molecule has 1 aromatic rings. The molecule has 1 fully saturated rings. The fraction of sp³-hybridized carbons (Fsp3) is 0.600. The molecule has 0 unspecified atom stereocenters. The first-order valence-corrected chi connectivity index (χ1v) is 6.87. The lowest BCUT2D eigenvalue weighted by atomic mass is 9.96. The Bertz CT molecular complexity index is 359. The first-order valence-electron chi connectivity index (χ1n) is 6.87. The van der Waals surface area contributed by atoms with Crippen molar-refractivity contribution in [1.82, 2.24) is 0 Å². The molecule has 2 rings (SSSR count). The highest BCUT2D eigenvalue weighted by atomic mass is 16.5. The zero-order valence-corrected chi connectivity index (χ0v) is 11.3. The summed E-state index contributed by atoms with van der Waals surface area (Å²) in [4.78, 5) is 2.50. The number of rotatable bonds is 5. The van der Waals surface area contributed by atoms with E-state index in [-0.39, 0.29) is 0 Å². The fourth-order valence-electron chi connectivity index (χ4n) is 2.76. The van der Waals surface area contributed by atoms with Gasteiger partial charge >= 0.3 is 0 Å². The monoisotopic (exact) mass is 248 g/mol. The van der Waals surface area contributed by atoms with E-state index >= 15 is 0 Å². The van der Waals surface area contributed by atoms with Gasteiger partial charge in [0.2, 0.25) is 0 Å². The minimum Gasteiger partial charge on any atom is -0.384 e. The Kier molecular flexibility index (Phi) is 5.02. The maximum absolute atomic E-state index is 5.69. The summed E-state index contributed by atoms with van der Waals surface area (Å²) in [5.74, 6) is 0.730. The van der Waals surface area contributed by atoms with Gasteiger partial charge in [0.05, 0.1) is 0 Å². The zero-order chi connectivity index (χ0) is 12.8. The second-order valence-corrected chi connectivity index (χ2v) is 5.05. The summed E-state index contributed by atoms with van der Waals surface area (Å²) in [5, 5.41) is 0. The Hall–Kier alpha value is -1.06. The molecule has 0 atom stereocenters. The molecule has 0 spiro atoms. The van der Waals surface area contributed by atoms with Crippen LogP contribution in [0, 0.1) is 5.92 Å². The number of benzene rings is 1. The summed E-state index contributed by atoms with van der Waals surface area (Å²) in [5.41, 5.74) is 8.44. The molecule has 0 saturated carbocycles. The molecular formula is C15H24N2O. The third-order valence-corrected chi connectivity index (χ3v) is 3.76. The molecule has 18 heavy (non-hydrogen) atoms. The fourth-order valence-corrected chi connectivity index (χ4v) is 2.76. The molecule has 2 N–H and O–H groups in total. The van der Waals surface area contributed by atoms with Crippen molar-refractivity contribution in [1.29, 1.82) is 0 Å². The van der Waals surface area contributed by atoms with E-state index in [4.69, 9.17) is 10.5 Å². The van der Waals surface area contributed by atoms with Crippen molar-refractivity contribution in [2.24, 2.45) is 11.7 Å². The van der Waals surface area contributed by atoms with Crippen molar-refractivity contribution in [3.8, 4) is 0 Å². The molecule has 1 aliphatic heterocycles. The normalized spacial score (nSPS) is 17.1. The van der Waals surface area contributed by atoms with Gasteiger partial charge in [-0.25, -0.2) is 0 Å². The van der Waals surface area contributed by atoms with Gasteiger partial charge in [0.25, 0.3) is 0 Å². The number of ether oxygens (including phenoxy) is 1. The third-order valence-electron chi connectivity index (χ3n) is 3.76. The largest absolute Gasteiger partial charge is 0.384 e. The summed E-state index contributed by atoms with van der Waals surface area (Å²) in [6.07, 6.45) is 3.42. The topological polar surface area (TPSA) is 38.5 Å². The number of nitrogens with two attached hydrogens (primary N) is 1. The van der Waals surface area contributed by atoms with E-state index < -0.39 is 0 Å². The lowest BCUT2D eigenvalue weighted by Gasteiger charge is -2.34. The van der Waals surface area contributed by atoms with E-state index in [1.807, 2.05) is 0 Å². The number of methoxy groups -OCH3 is 1. The molecule has 0 radical (unpaired) electrons. The zero-order valence-electron chi connectivity index (χ0n) is 11.3. The third kappa shape index (κ3) is 3.24. The lowest BCUT2D eigenvalue weighted by molar-refractivity contribution is 0.139. The second-order valence-electron chi connectivity index (χ2n) is 5.05. The van der Waals surface area contributed by atoms with E-state index in [1.54, 1.807) is 7.11 Å².